The van der Waals surface area contributed by atoms with Gasteiger partial charge in [0.15, 0.2) is 0 Å². The number of benzene rings is 2. The molecule has 1 aliphatic rings. The lowest BCUT2D eigenvalue weighted by molar-refractivity contribution is -0.131. The van der Waals surface area contributed by atoms with Crippen molar-refractivity contribution in [2.75, 3.05) is 10.6 Å². The summed E-state index contributed by atoms with van der Waals surface area (Å²) in [5.41, 5.74) is -2.11. The number of anilines is 2. The number of nitrogens with one attached hydrogen (secondary N) is 2. The molecule has 24 heavy (non-hydrogen) atoms. The van der Waals surface area contributed by atoms with Crippen molar-refractivity contribution in [3.8, 4) is 0 Å². The standard InChI is InChI=1S/C17H13F3N2O2/c18-10-4-1-2-7-13(10)21-15(23)17(8-9-17)16(24)22-14-11(19)5-3-6-12(14)20/h1-7H,8-9H2,(H,21,23)(H,22,24). The molecular weight excluding hydrogens is 321 g/mol. The Kier molecular flexibility index (Phi) is 4.01. The maximum absolute atomic E-state index is 13.6. The summed E-state index contributed by atoms with van der Waals surface area (Å²) in [5, 5.41) is 4.47. The Bertz CT molecular complexity index is 799. The monoisotopic (exact) mass is 334 g/mol. The fourth-order valence-corrected chi connectivity index (χ4v) is 2.34. The van der Waals surface area contributed by atoms with Gasteiger partial charge in [-0.05, 0) is 37.1 Å². The van der Waals surface area contributed by atoms with Crippen LogP contribution in [0.25, 0.3) is 0 Å². The molecule has 2 amide bonds. The highest BCUT2D eigenvalue weighted by atomic mass is 19.1. The fraction of sp³-hybridized carbons (Fsp3) is 0.176. The topological polar surface area (TPSA) is 58.2 Å². The Morgan fingerprint density at radius 2 is 1.33 bits per heavy atom. The van der Waals surface area contributed by atoms with E-state index in [1.807, 2.05) is 0 Å². The van der Waals surface area contributed by atoms with E-state index in [9.17, 15) is 22.8 Å². The number of para-hydroxylation sites is 2. The Labute approximate surface area is 135 Å². The maximum atomic E-state index is 13.6. The molecule has 0 spiro atoms. The Balaban J connectivity index is 1.77. The fourth-order valence-electron chi connectivity index (χ4n) is 2.34. The summed E-state index contributed by atoms with van der Waals surface area (Å²) in [6.07, 6.45) is 0.435. The molecule has 2 aromatic carbocycles. The average molecular weight is 334 g/mol. The van der Waals surface area contributed by atoms with Crippen molar-refractivity contribution in [2.24, 2.45) is 5.41 Å². The van der Waals surface area contributed by atoms with Gasteiger partial charge in [0.25, 0.3) is 0 Å². The van der Waals surface area contributed by atoms with Crippen LogP contribution in [0, 0.1) is 22.9 Å². The molecular formula is C17H13F3N2O2. The third-order valence-electron chi connectivity index (χ3n) is 3.94. The highest BCUT2D eigenvalue weighted by Gasteiger charge is 2.56. The number of carbonyl (C=O) groups excluding carboxylic acids is 2. The van der Waals surface area contributed by atoms with Crippen LogP contribution >= 0.6 is 0 Å². The van der Waals surface area contributed by atoms with Crippen LogP contribution in [0.3, 0.4) is 0 Å². The maximum Gasteiger partial charge on any atom is 0.240 e. The van der Waals surface area contributed by atoms with Crippen molar-refractivity contribution >= 4 is 23.2 Å². The van der Waals surface area contributed by atoms with Gasteiger partial charge in [-0.25, -0.2) is 13.2 Å². The normalized spacial score (nSPS) is 14.8. The SMILES string of the molecule is O=C(Nc1ccccc1F)C1(C(=O)Nc2c(F)cccc2F)CC1. The minimum Gasteiger partial charge on any atom is -0.323 e. The second kappa shape index (κ2) is 5.99. The summed E-state index contributed by atoms with van der Waals surface area (Å²) in [6, 6.07) is 8.69. The van der Waals surface area contributed by atoms with Gasteiger partial charge in [-0.15, -0.1) is 0 Å². The summed E-state index contributed by atoms with van der Waals surface area (Å²) in [6.45, 7) is 0. The predicted octanol–water partition coefficient (Wildman–Crippen LogP) is 3.46. The van der Waals surface area contributed by atoms with Crippen LogP contribution in [0.5, 0.6) is 0 Å². The molecule has 3 rings (SSSR count). The van der Waals surface area contributed by atoms with Crippen LogP contribution in [0.1, 0.15) is 12.8 Å². The third kappa shape index (κ3) is 2.84. The van der Waals surface area contributed by atoms with E-state index in [1.165, 1.54) is 24.3 Å². The van der Waals surface area contributed by atoms with Gasteiger partial charge in [0.2, 0.25) is 11.8 Å². The molecule has 1 saturated carbocycles. The third-order valence-corrected chi connectivity index (χ3v) is 3.94. The molecule has 0 unspecified atom stereocenters. The molecule has 1 fully saturated rings. The Morgan fingerprint density at radius 1 is 0.792 bits per heavy atom. The lowest BCUT2D eigenvalue weighted by atomic mass is 10.0. The van der Waals surface area contributed by atoms with E-state index >= 15 is 0 Å². The van der Waals surface area contributed by atoms with E-state index in [1.54, 1.807) is 0 Å². The van der Waals surface area contributed by atoms with E-state index < -0.39 is 40.4 Å². The molecule has 0 aliphatic heterocycles. The van der Waals surface area contributed by atoms with Gasteiger partial charge >= 0.3 is 0 Å². The molecule has 2 aromatic rings. The zero-order valence-corrected chi connectivity index (χ0v) is 12.4. The minimum atomic E-state index is -1.45. The highest BCUT2D eigenvalue weighted by molar-refractivity contribution is 6.17. The molecule has 0 heterocycles. The van der Waals surface area contributed by atoms with E-state index in [2.05, 4.69) is 10.6 Å². The Hall–Kier alpha value is -2.83. The van der Waals surface area contributed by atoms with Crippen LogP contribution in [-0.2, 0) is 9.59 Å². The molecule has 0 radical (unpaired) electrons. The summed E-state index contributed by atoms with van der Waals surface area (Å²) >= 11 is 0. The first-order chi connectivity index (χ1) is 11.4. The van der Waals surface area contributed by atoms with Gasteiger partial charge in [-0.2, -0.15) is 0 Å². The number of hydrogen-bond acceptors (Lipinski definition) is 2. The number of halogens is 3. The lowest BCUT2D eigenvalue weighted by Gasteiger charge is -2.16. The smallest absolute Gasteiger partial charge is 0.240 e. The van der Waals surface area contributed by atoms with Crippen LogP contribution in [0.4, 0.5) is 24.5 Å². The number of hydrogen-bond donors (Lipinski definition) is 2. The summed E-state index contributed by atoms with van der Waals surface area (Å²) in [5.74, 6) is -4.04. The first-order valence-electron chi connectivity index (χ1n) is 7.25. The van der Waals surface area contributed by atoms with E-state index in [0.717, 1.165) is 18.2 Å². The van der Waals surface area contributed by atoms with Crippen molar-refractivity contribution in [3.63, 3.8) is 0 Å². The second-order valence-corrected chi connectivity index (χ2v) is 5.57. The van der Waals surface area contributed by atoms with Gasteiger partial charge in [-0.3, -0.25) is 9.59 Å². The van der Waals surface area contributed by atoms with Crippen LogP contribution < -0.4 is 10.6 Å². The molecule has 0 aromatic heterocycles. The first-order valence-corrected chi connectivity index (χ1v) is 7.25. The van der Waals surface area contributed by atoms with Gasteiger partial charge in [0.05, 0.1) is 5.69 Å². The number of amides is 2. The van der Waals surface area contributed by atoms with Crippen LogP contribution in [-0.4, -0.2) is 11.8 Å². The molecule has 0 bridgehead atoms. The average Bonchev–Trinajstić information content (AvgIpc) is 3.35. The summed E-state index contributed by atoms with van der Waals surface area (Å²) in [7, 11) is 0. The van der Waals surface area contributed by atoms with E-state index in [0.29, 0.717) is 0 Å². The summed E-state index contributed by atoms with van der Waals surface area (Å²) < 4.78 is 40.8. The van der Waals surface area contributed by atoms with Gasteiger partial charge in [0.1, 0.15) is 28.6 Å². The van der Waals surface area contributed by atoms with E-state index in [-0.39, 0.29) is 18.5 Å². The highest BCUT2D eigenvalue weighted by Crippen LogP contribution is 2.47. The molecule has 2 N–H and O–H groups in total. The zero-order chi connectivity index (χ0) is 17.3. The molecule has 1 aliphatic carbocycles. The van der Waals surface area contributed by atoms with Gasteiger partial charge in [-0.1, -0.05) is 18.2 Å². The van der Waals surface area contributed by atoms with Crippen molar-refractivity contribution in [1.29, 1.82) is 0 Å². The van der Waals surface area contributed by atoms with Crippen LogP contribution in [0.15, 0.2) is 42.5 Å². The predicted molar refractivity (Wildman–Crippen MR) is 81.7 cm³/mol. The molecule has 0 saturated heterocycles. The Morgan fingerprint density at radius 3 is 1.92 bits per heavy atom. The van der Waals surface area contributed by atoms with Crippen molar-refractivity contribution in [1.82, 2.24) is 0 Å². The van der Waals surface area contributed by atoms with Crippen molar-refractivity contribution in [2.45, 2.75) is 12.8 Å². The quantitative estimate of drug-likeness (QED) is 0.841. The number of rotatable bonds is 4. The minimum absolute atomic E-state index is 0.0568. The largest absolute Gasteiger partial charge is 0.323 e. The van der Waals surface area contributed by atoms with E-state index in [4.69, 9.17) is 0 Å². The van der Waals surface area contributed by atoms with Crippen molar-refractivity contribution < 1.29 is 22.8 Å². The lowest BCUT2D eigenvalue weighted by Crippen LogP contribution is -2.36. The molecule has 7 heteroatoms. The van der Waals surface area contributed by atoms with Gasteiger partial charge < -0.3 is 10.6 Å². The zero-order valence-electron chi connectivity index (χ0n) is 12.4. The van der Waals surface area contributed by atoms with Gasteiger partial charge in [0, 0.05) is 0 Å². The number of carbonyl (C=O) groups is 2. The molecule has 0 atom stereocenters. The first kappa shape index (κ1) is 16.0. The summed E-state index contributed by atoms with van der Waals surface area (Å²) in [4.78, 5) is 24.6. The second-order valence-electron chi connectivity index (χ2n) is 5.57. The molecule has 124 valence electrons. The van der Waals surface area contributed by atoms with Crippen molar-refractivity contribution in [3.05, 3.63) is 59.9 Å². The molecule has 4 nitrogen and oxygen atoms in total. The van der Waals surface area contributed by atoms with Crippen LogP contribution in [0.2, 0.25) is 0 Å².